The van der Waals surface area contributed by atoms with E-state index in [1.54, 1.807) is 30.3 Å². The normalized spacial score (nSPS) is 15.5. The smallest absolute Gasteiger partial charge is 0.303 e. The number of aliphatic carboxylic acids is 1. The summed E-state index contributed by atoms with van der Waals surface area (Å²) in [7, 11) is 0. The van der Waals surface area contributed by atoms with Gasteiger partial charge >= 0.3 is 5.97 Å². The Morgan fingerprint density at radius 1 is 1.28 bits per heavy atom. The molecule has 29 heavy (non-hydrogen) atoms. The molecular formula is C20H17BrFNO4S2. The third-order valence-electron chi connectivity index (χ3n) is 4.24. The summed E-state index contributed by atoms with van der Waals surface area (Å²) in [6.07, 6.45) is 3.68. The van der Waals surface area contributed by atoms with E-state index < -0.39 is 11.8 Å². The largest absolute Gasteiger partial charge is 0.481 e. The average Bonchev–Trinajstić information content (AvgIpc) is 3.23. The molecule has 1 aliphatic heterocycles. The van der Waals surface area contributed by atoms with Crippen molar-refractivity contribution in [3.63, 3.8) is 0 Å². The van der Waals surface area contributed by atoms with Crippen LogP contribution in [0.1, 0.15) is 31.4 Å². The number of benzene rings is 1. The summed E-state index contributed by atoms with van der Waals surface area (Å²) in [5.41, 5.74) is 0.327. The SMILES string of the molecule is O=C(O)CCCCCN1C(=O)/C(=C/c2ccc(-c3cc(Br)ccc3F)o2)SC1=S. The minimum Gasteiger partial charge on any atom is -0.481 e. The highest BCUT2D eigenvalue weighted by atomic mass is 79.9. The van der Waals surface area contributed by atoms with E-state index in [0.29, 0.717) is 52.1 Å². The van der Waals surface area contributed by atoms with Gasteiger partial charge < -0.3 is 9.52 Å². The number of nitrogens with zero attached hydrogens (tertiary/aromatic N) is 1. The van der Waals surface area contributed by atoms with Crippen molar-refractivity contribution in [2.45, 2.75) is 25.7 Å². The molecule has 5 nitrogen and oxygen atoms in total. The highest BCUT2D eigenvalue weighted by molar-refractivity contribution is 9.10. The molecule has 1 N–H and O–H groups in total. The number of furan rings is 1. The molecule has 1 saturated heterocycles. The molecule has 3 rings (SSSR count). The lowest BCUT2D eigenvalue weighted by atomic mass is 10.1. The first-order valence-electron chi connectivity index (χ1n) is 8.87. The van der Waals surface area contributed by atoms with Gasteiger partial charge in [0, 0.05) is 23.5 Å². The Bertz CT molecular complexity index is 989. The van der Waals surface area contributed by atoms with Gasteiger partial charge in [-0.3, -0.25) is 14.5 Å². The molecule has 0 unspecified atom stereocenters. The Kier molecular flexibility index (Phi) is 7.26. The third-order valence-corrected chi connectivity index (χ3v) is 6.11. The number of carboxylic acids is 1. The number of halogens is 2. The molecule has 1 aromatic carbocycles. The van der Waals surface area contributed by atoms with E-state index in [9.17, 15) is 14.0 Å². The van der Waals surface area contributed by atoms with Crippen molar-refractivity contribution in [2.24, 2.45) is 0 Å². The van der Waals surface area contributed by atoms with Crippen molar-refractivity contribution < 1.29 is 23.5 Å². The number of carboxylic acid groups (broad SMARTS) is 1. The van der Waals surface area contributed by atoms with Crippen molar-refractivity contribution in [3.05, 3.63) is 51.3 Å². The molecular weight excluding hydrogens is 481 g/mol. The maximum absolute atomic E-state index is 14.0. The molecule has 1 aromatic heterocycles. The molecule has 0 bridgehead atoms. The van der Waals surface area contributed by atoms with E-state index >= 15 is 0 Å². The lowest BCUT2D eigenvalue weighted by molar-refractivity contribution is -0.137. The van der Waals surface area contributed by atoms with Gasteiger partial charge in [-0.2, -0.15) is 0 Å². The highest BCUT2D eigenvalue weighted by Crippen LogP contribution is 2.34. The Balaban J connectivity index is 1.66. The molecule has 0 radical (unpaired) electrons. The van der Waals surface area contributed by atoms with Gasteiger partial charge in [0.05, 0.1) is 10.5 Å². The summed E-state index contributed by atoms with van der Waals surface area (Å²) >= 11 is 9.79. The van der Waals surface area contributed by atoms with Crippen molar-refractivity contribution in [1.82, 2.24) is 4.90 Å². The summed E-state index contributed by atoms with van der Waals surface area (Å²) in [4.78, 5) is 25.1. The topological polar surface area (TPSA) is 70.8 Å². The van der Waals surface area contributed by atoms with E-state index in [2.05, 4.69) is 15.9 Å². The molecule has 0 aliphatic carbocycles. The number of rotatable bonds is 8. The minimum atomic E-state index is -0.820. The van der Waals surface area contributed by atoms with Gasteiger partial charge in [-0.15, -0.1) is 0 Å². The maximum atomic E-state index is 14.0. The molecule has 2 heterocycles. The predicted molar refractivity (Wildman–Crippen MR) is 118 cm³/mol. The molecule has 0 atom stereocenters. The number of carbonyl (C=O) groups is 2. The van der Waals surface area contributed by atoms with Gasteiger partial charge in [-0.1, -0.05) is 46.3 Å². The average molecular weight is 498 g/mol. The molecule has 0 saturated carbocycles. The monoisotopic (exact) mass is 497 g/mol. The fourth-order valence-corrected chi connectivity index (χ4v) is 4.46. The van der Waals surface area contributed by atoms with Crippen LogP contribution >= 0.6 is 39.9 Å². The molecule has 1 amide bonds. The van der Waals surface area contributed by atoms with E-state index in [1.807, 2.05) is 0 Å². The second kappa shape index (κ2) is 9.69. The lowest BCUT2D eigenvalue weighted by Crippen LogP contribution is -2.29. The second-order valence-electron chi connectivity index (χ2n) is 6.36. The van der Waals surface area contributed by atoms with E-state index in [1.165, 1.54) is 22.7 Å². The summed E-state index contributed by atoms with van der Waals surface area (Å²) in [5, 5.41) is 8.66. The second-order valence-corrected chi connectivity index (χ2v) is 8.96. The summed E-state index contributed by atoms with van der Waals surface area (Å²) in [6, 6.07) is 7.91. The van der Waals surface area contributed by atoms with Gasteiger partial charge in [-0.25, -0.2) is 4.39 Å². The Morgan fingerprint density at radius 2 is 2.07 bits per heavy atom. The van der Waals surface area contributed by atoms with E-state index in [-0.39, 0.29) is 12.3 Å². The van der Waals surface area contributed by atoms with Gasteiger partial charge in [0.2, 0.25) is 0 Å². The first-order chi connectivity index (χ1) is 13.8. The summed E-state index contributed by atoms with van der Waals surface area (Å²) in [6.45, 7) is 0.453. The van der Waals surface area contributed by atoms with Crippen molar-refractivity contribution in [3.8, 4) is 11.3 Å². The van der Waals surface area contributed by atoms with Gasteiger partial charge in [-0.05, 0) is 43.2 Å². The Morgan fingerprint density at radius 3 is 2.83 bits per heavy atom. The van der Waals surface area contributed by atoms with Gasteiger partial charge in [0.15, 0.2) is 0 Å². The first kappa shape index (κ1) is 21.7. The van der Waals surface area contributed by atoms with Crippen LogP contribution in [0.25, 0.3) is 17.4 Å². The first-order valence-corrected chi connectivity index (χ1v) is 10.9. The number of hydrogen-bond acceptors (Lipinski definition) is 5. The third kappa shape index (κ3) is 5.55. The summed E-state index contributed by atoms with van der Waals surface area (Å²) < 4.78 is 20.9. The van der Waals surface area contributed by atoms with Crippen LogP contribution in [-0.4, -0.2) is 32.7 Å². The van der Waals surface area contributed by atoms with Crippen molar-refractivity contribution >= 4 is 62.2 Å². The minimum absolute atomic E-state index is 0.123. The van der Waals surface area contributed by atoms with Crippen LogP contribution in [0.3, 0.4) is 0 Å². The number of thiocarbonyl (C=S) groups is 1. The zero-order valence-electron chi connectivity index (χ0n) is 15.2. The van der Waals surface area contributed by atoms with Crippen LogP contribution in [0.2, 0.25) is 0 Å². The van der Waals surface area contributed by atoms with Gasteiger partial charge in [0.1, 0.15) is 21.7 Å². The molecule has 2 aromatic rings. The van der Waals surface area contributed by atoms with Crippen LogP contribution < -0.4 is 0 Å². The van der Waals surface area contributed by atoms with Crippen molar-refractivity contribution in [1.29, 1.82) is 0 Å². The predicted octanol–water partition coefficient (Wildman–Crippen LogP) is 5.69. The van der Waals surface area contributed by atoms with Crippen LogP contribution in [0.15, 0.2) is 44.1 Å². The molecule has 152 valence electrons. The van der Waals surface area contributed by atoms with Crippen LogP contribution in [0, 0.1) is 5.82 Å². The molecule has 1 fully saturated rings. The Labute approximate surface area is 185 Å². The lowest BCUT2D eigenvalue weighted by Gasteiger charge is -2.13. The fourth-order valence-electron chi connectivity index (χ4n) is 2.81. The fraction of sp³-hybridized carbons (Fsp3) is 0.250. The number of unbranched alkanes of at least 4 members (excludes halogenated alkanes) is 2. The number of carbonyl (C=O) groups excluding carboxylic acids is 1. The molecule has 9 heteroatoms. The zero-order valence-corrected chi connectivity index (χ0v) is 18.4. The zero-order chi connectivity index (χ0) is 21.0. The van der Waals surface area contributed by atoms with Crippen LogP contribution in [0.5, 0.6) is 0 Å². The highest BCUT2D eigenvalue weighted by Gasteiger charge is 2.31. The summed E-state index contributed by atoms with van der Waals surface area (Å²) in [5.74, 6) is -0.627. The van der Waals surface area contributed by atoms with Crippen LogP contribution in [-0.2, 0) is 9.59 Å². The Hall–Kier alpha value is -1.97. The van der Waals surface area contributed by atoms with Crippen molar-refractivity contribution in [2.75, 3.05) is 6.54 Å². The van der Waals surface area contributed by atoms with Gasteiger partial charge in [0.25, 0.3) is 5.91 Å². The van der Waals surface area contributed by atoms with Crippen LogP contribution in [0.4, 0.5) is 4.39 Å². The van der Waals surface area contributed by atoms with E-state index in [4.69, 9.17) is 21.7 Å². The quantitative estimate of drug-likeness (QED) is 0.286. The molecule has 1 aliphatic rings. The standard InChI is InChI=1S/C20H17BrFNO4S2/c21-12-5-7-15(22)14(10-12)16-8-6-13(27-16)11-17-19(26)23(20(28)29-17)9-3-1-2-4-18(24)25/h5-8,10-11H,1-4,9H2,(H,24,25)/b17-11-. The van der Waals surface area contributed by atoms with E-state index in [0.717, 1.165) is 4.47 Å². The number of hydrogen-bond donors (Lipinski definition) is 1. The maximum Gasteiger partial charge on any atom is 0.303 e. The number of thioether (sulfide) groups is 1. The number of amides is 1. The molecule has 0 spiro atoms.